The number of imidazole rings is 1. The molecular weight excluding hydrogens is 178 g/mol. The van der Waals surface area contributed by atoms with E-state index in [9.17, 15) is 0 Å². The van der Waals surface area contributed by atoms with Crippen molar-refractivity contribution < 1.29 is 5.11 Å². The zero-order valence-corrected chi connectivity index (χ0v) is 8.34. The Hall–Kier alpha value is -1.03. The van der Waals surface area contributed by atoms with Crippen LogP contribution in [0.3, 0.4) is 0 Å². The number of rotatable bonds is 4. The average Bonchev–Trinajstić information content (AvgIpc) is 2.60. The Bertz CT molecular complexity index is 272. The number of nitrogens with one attached hydrogen (secondary N) is 2. The van der Waals surface area contributed by atoms with Crippen LogP contribution in [0.25, 0.3) is 0 Å². The summed E-state index contributed by atoms with van der Waals surface area (Å²) in [4.78, 5) is 7.76. The highest BCUT2D eigenvalue weighted by Gasteiger charge is 2.13. The Balaban J connectivity index is 1.94. The molecule has 4 heteroatoms. The van der Waals surface area contributed by atoms with Gasteiger partial charge in [-0.2, -0.15) is 0 Å². The van der Waals surface area contributed by atoms with E-state index in [2.05, 4.69) is 15.3 Å². The van der Waals surface area contributed by atoms with Crippen LogP contribution >= 0.6 is 0 Å². The molecule has 0 fully saturated rings. The summed E-state index contributed by atoms with van der Waals surface area (Å²) in [7, 11) is 0. The zero-order chi connectivity index (χ0) is 9.80. The van der Waals surface area contributed by atoms with Crippen molar-refractivity contribution in [3.05, 3.63) is 11.4 Å². The molecule has 0 spiro atoms. The van der Waals surface area contributed by atoms with Crippen LogP contribution in [0.15, 0.2) is 0 Å². The molecule has 1 aromatic heterocycles. The maximum Gasteiger partial charge on any atom is 0.200 e. The lowest BCUT2D eigenvalue weighted by molar-refractivity contribution is 0.292. The van der Waals surface area contributed by atoms with Gasteiger partial charge in [0.15, 0.2) is 0 Å². The second kappa shape index (κ2) is 4.46. The third kappa shape index (κ3) is 2.07. The number of aromatic nitrogens is 2. The van der Waals surface area contributed by atoms with Gasteiger partial charge in [-0.3, -0.25) is 0 Å². The largest absolute Gasteiger partial charge is 0.396 e. The molecule has 0 aliphatic heterocycles. The van der Waals surface area contributed by atoms with Crippen LogP contribution in [0.1, 0.15) is 30.7 Å². The molecule has 0 aromatic carbocycles. The molecule has 4 nitrogen and oxygen atoms in total. The van der Waals surface area contributed by atoms with E-state index in [0.29, 0.717) is 0 Å². The Kier molecular flexibility index (Phi) is 3.03. The van der Waals surface area contributed by atoms with Crippen LogP contribution in [0, 0.1) is 0 Å². The van der Waals surface area contributed by atoms with E-state index in [-0.39, 0.29) is 6.61 Å². The summed E-state index contributed by atoms with van der Waals surface area (Å²) in [5, 5.41) is 11.8. The van der Waals surface area contributed by atoms with Crippen molar-refractivity contribution in [2.75, 3.05) is 18.5 Å². The van der Waals surface area contributed by atoms with E-state index in [4.69, 9.17) is 5.11 Å². The molecule has 14 heavy (non-hydrogen) atoms. The first kappa shape index (κ1) is 9.52. The quantitative estimate of drug-likeness (QED) is 0.630. The van der Waals surface area contributed by atoms with Gasteiger partial charge in [0, 0.05) is 18.8 Å². The summed E-state index contributed by atoms with van der Waals surface area (Å²) < 4.78 is 0. The number of hydrogen-bond donors (Lipinski definition) is 3. The van der Waals surface area contributed by atoms with Crippen LogP contribution in [0.2, 0.25) is 0 Å². The van der Waals surface area contributed by atoms with Crippen molar-refractivity contribution in [1.82, 2.24) is 9.97 Å². The highest BCUT2D eigenvalue weighted by Crippen LogP contribution is 2.20. The predicted octanol–water partition coefficient (Wildman–Crippen LogP) is 1.08. The maximum absolute atomic E-state index is 8.64. The van der Waals surface area contributed by atoms with Gasteiger partial charge in [0.25, 0.3) is 0 Å². The Morgan fingerprint density at radius 1 is 1.36 bits per heavy atom. The summed E-state index contributed by atoms with van der Waals surface area (Å²) in [6.07, 6.45) is 5.53. The number of aliphatic hydroxyl groups is 1. The van der Waals surface area contributed by atoms with Crippen LogP contribution in [-0.2, 0) is 12.8 Å². The molecule has 0 radical (unpaired) electrons. The molecule has 78 valence electrons. The first-order valence-corrected chi connectivity index (χ1v) is 5.32. The van der Waals surface area contributed by atoms with Crippen LogP contribution < -0.4 is 5.32 Å². The molecular formula is C10H17N3O. The van der Waals surface area contributed by atoms with Gasteiger partial charge >= 0.3 is 0 Å². The maximum atomic E-state index is 8.64. The lowest BCUT2D eigenvalue weighted by Gasteiger charge is -2.07. The normalized spacial score (nSPS) is 15.2. The van der Waals surface area contributed by atoms with Crippen molar-refractivity contribution >= 4 is 5.95 Å². The fraction of sp³-hybridized carbons (Fsp3) is 0.700. The Morgan fingerprint density at radius 3 is 3.00 bits per heavy atom. The summed E-state index contributed by atoms with van der Waals surface area (Å²) in [6, 6.07) is 0. The number of H-pyrrole nitrogens is 1. The minimum Gasteiger partial charge on any atom is -0.396 e. The zero-order valence-electron chi connectivity index (χ0n) is 8.34. The van der Waals surface area contributed by atoms with Crippen molar-refractivity contribution in [3.8, 4) is 0 Å². The highest BCUT2D eigenvalue weighted by atomic mass is 16.3. The lowest BCUT2D eigenvalue weighted by atomic mass is 10.0. The van der Waals surface area contributed by atoms with Crippen LogP contribution in [0.5, 0.6) is 0 Å². The van der Waals surface area contributed by atoms with Crippen LogP contribution in [-0.4, -0.2) is 28.2 Å². The molecule has 0 saturated heterocycles. The van der Waals surface area contributed by atoms with Gasteiger partial charge < -0.3 is 15.4 Å². The molecule has 0 unspecified atom stereocenters. The van der Waals surface area contributed by atoms with Crippen molar-refractivity contribution in [2.45, 2.75) is 32.1 Å². The highest BCUT2D eigenvalue weighted by molar-refractivity contribution is 5.32. The summed E-state index contributed by atoms with van der Waals surface area (Å²) >= 11 is 0. The summed E-state index contributed by atoms with van der Waals surface area (Å²) in [5.41, 5.74) is 2.52. The van der Waals surface area contributed by atoms with Gasteiger partial charge in [0.2, 0.25) is 5.95 Å². The third-order valence-corrected chi connectivity index (χ3v) is 2.58. The average molecular weight is 195 g/mol. The smallest absolute Gasteiger partial charge is 0.200 e. The van der Waals surface area contributed by atoms with Crippen molar-refractivity contribution in [3.63, 3.8) is 0 Å². The second-order valence-corrected chi connectivity index (χ2v) is 3.72. The molecule has 0 saturated carbocycles. The predicted molar refractivity (Wildman–Crippen MR) is 55.4 cm³/mol. The van der Waals surface area contributed by atoms with Crippen molar-refractivity contribution in [2.24, 2.45) is 0 Å². The number of aromatic amines is 1. The van der Waals surface area contributed by atoms with Gasteiger partial charge in [-0.15, -0.1) is 0 Å². The SMILES string of the molecule is OCCCNc1nc2c([nH]1)CCCC2. The number of aryl methyl sites for hydroxylation is 2. The van der Waals surface area contributed by atoms with Crippen LogP contribution in [0.4, 0.5) is 5.95 Å². The first-order chi connectivity index (χ1) is 6.90. The van der Waals surface area contributed by atoms with Gasteiger partial charge in [-0.05, 0) is 32.1 Å². The fourth-order valence-corrected chi connectivity index (χ4v) is 1.82. The van der Waals surface area contributed by atoms with Gasteiger partial charge in [0.1, 0.15) is 0 Å². The fourth-order valence-electron chi connectivity index (χ4n) is 1.82. The van der Waals surface area contributed by atoms with Gasteiger partial charge in [-0.1, -0.05) is 0 Å². The first-order valence-electron chi connectivity index (χ1n) is 5.32. The molecule has 3 N–H and O–H groups in total. The number of fused-ring (bicyclic) bond motifs is 1. The number of hydrogen-bond acceptors (Lipinski definition) is 3. The minimum atomic E-state index is 0.230. The Morgan fingerprint density at radius 2 is 2.21 bits per heavy atom. The monoisotopic (exact) mass is 195 g/mol. The van der Waals surface area contributed by atoms with Gasteiger partial charge in [0.05, 0.1) is 5.69 Å². The Labute approximate surface area is 83.8 Å². The van der Waals surface area contributed by atoms with E-state index < -0.39 is 0 Å². The standard InChI is InChI=1S/C10H17N3O/c14-7-3-6-11-10-12-8-4-1-2-5-9(8)13-10/h14H,1-7H2,(H2,11,12,13). The summed E-state index contributed by atoms with van der Waals surface area (Å²) in [6.45, 7) is 1.01. The molecule has 2 rings (SSSR count). The molecule has 1 heterocycles. The molecule has 0 bridgehead atoms. The number of anilines is 1. The lowest BCUT2D eigenvalue weighted by Crippen LogP contribution is -2.04. The minimum absolute atomic E-state index is 0.230. The van der Waals surface area contributed by atoms with E-state index >= 15 is 0 Å². The van der Waals surface area contributed by atoms with Gasteiger partial charge in [-0.25, -0.2) is 4.98 Å². The number of nitrogens with zero attached hydrogens (tertiary/aromatic N) is 1. The van der Waals surface area contributed by atoms with E-state index in [1.807, 2.05) is 0 Å². The third-order valence-electron chi connectivity index (χ3n) is 2.58. The molecule has 1 aliphatic carbocycles. The van der Waals surface area contributed by atoms with E-state index in [1.54, 1.807) is 0 Å². The number of aliphatic hydroxyl groups excluding tert-OH is 1. The van der Waals surface area contributed by atoms with E-state index in [0.717, 1.165) is 31.8 Å². The molecule has 0 atom stereocenters. The van der Waals surface area contributed by atoms with Crippen molar-refractivity contribution in [1.29, 1.82) is 0 Å². The molecule has 1 aliphatic rings. The summed E-state index contributed by atoms with van der Waals surface area (Å²) in [5.74, 6) is 0.866. The second-order valence-electron chi connectivity index (χ2n) is 3.72. The van der Waals surface area contributed by atoms with E-state index in [1.165, 1.54) is 24.2 Å². The molecule has 0 amide bonds. The molecule has 1 aromatic rings. The topological polar surface area (TPSA) is 60.9 Å².